The first-order chi connectivity index (χ1) is 17.1. The summed E-state index contributed by atoms with van der Waals surface area (Å²) >= 11 is 0. The highest BCUT2D eigenvalue weighted by Gasteiger charge is 2.64. The Kier molecular flexibility index (Phi) is 7.46. The molecule has 6 heteroatoms. The molecule has 5 aliphatic rings. The maximum atomic E-state index is 12.3. The number of hydrogen-bond donors (Lipinski definition) is 3. The third-order valence-corrected chi connectivity index (χ3v) is 12.4. The van der Waals surface area contributed by atoms with Gasteiger partial charge in [0, 0.05) is 25.6 Å². The number of likely N-dealkylation sites (tertiary alicyclic amines) is 1. The zero-order chi connectivity index (χ0) is 25.8. The van der Waals surface area contributed by atoms with Gasteiger partial charge in [-0.2, -0.15) is 0 Å². The molecule has 0 aromatic carbocycles. The van der Waals surface area contributed by atoms with Crippen LogP contribution in [0.2, 0.25) is 0 Å². The molecule has 0 bridgehead atoms. The lowest BCUT2D eigenvalue weighted by Gasteiger charge is -2.64. The molecule has 1 amide bonds. The molecule has 36 heavy (non-hydrogen) atoms. The Hall–Kier alpha value is -0.850. The van der Waals surface area contributed by atoms with Gasteiger partial charge in [-0.05, 0) is 104 Å². The van der Waals surface area contributed by atoms with Gasteiger partial charge >= 0.3 is 6.09 Å². The minimum Gasteiger partial charge on any atom is -0.449 e. The lowest BCUT2D eigenvalue weighted by Crippen LogP contribution is -2.62. The van der Waals surface area contributed by atoms with Crippen LogP contribution in [0.3, 0.4) is 0 Å². The molecule has 0 spiro atoms. The Morgan fingerprint density at radius 2 is 1.72 bits per heavy atom. The zero-order valence-electron chi connectivity index (χ0n) is 23.1. The summed E-state index contributed by atoms with van der Waals surface area (Å²) < 4.78 is 5.60. The number of aliphatic hydroxyl groups is 3. The van der Waals surface area contributed by atoms with Gasteiger partial charge in [0.15, 0.2) is 0 Å². The smallest absolute Gasteiger partial charge is 0.409 e. The van der Waals surface area contributed by atoms with Gasteiger partial charge in [-0.25, -0.2) is 4.79 Å². The number of aliphatic hydroxyl groups excluding tert-OH is 3. The fourth-order valence-corrected chi connectivity index (χ4v) is 10.4. The van der Waals surface area contributed by atoms with E-state index in [1.165, 1.54) is 25.7 Å². The number of rotatable bonds is 6. The second kappa shape index (κ2) is 10.0. The summed E-state index contributed by atoms with van der Waals surface area (Å²) in [5, 5.41) is 31.5. The van der Waals surface area contributed by atoms with E-state index in [2.05, 4.69) is 27.7 Å². The van der Waals surface area contributed by atoms with Crippen LogP contribution in [0.15, 0.2) is 0 Å². The topological polar surface area (TPSA) is 90.2 Å². The summed E-state index contributed by atoms with van der Waals surface area (Å²) in [4.78, 5) is 14.0. The first-order valence-corrected chi connectivity index (χ1v) is 15.0. The standard InChI is InChI=1S/C30H51NO5/c1-5-21-25-14-20(33)8-11-30(25,4)24-9-12-29(3)22(6-7-23(29)26(24)27(21)34)18(2)10-13-36-28(35)31-15-19(16-31)17-32/h18-27,32-34H,5-17H2,1-4H3/t18-,20-,21-,22-,23+,24+,25+,26?,27-,29-,30-/m1/s1. The third-order valence-electron chi connectivity index (χ3n) is 12.4. The van der Waals surface area contributed by atoms with Crippen LogP contribution >= 0.6 is 0 Å². The Balaban J connectivity index is 1.25. The molecule has 206 valence electrons. The SMILES string of the molecule is CC[C@H]1[C@@H](O)C2[C@@H]3CC[C@H]([C@H](C)CCOC(=O)N4CC(CO)C4)[C@@]3(C)CC[C@@H]2[C@@]2(C)CC[C@@H](O)C[C@@H]12. The summed E-state index contributed by atoms with van der Waals surface area (Å²) in [5.74, 6) is 3.56. The highest BCUT2D eigenvalue weighted by molar-refractivity contribution is 5.68. The molecule has 0 aromatic heterocycles. The lowest BCUT2D eigenvalue weighted by atomic mass is 9.41. The monoisotopic (exact) mass is 505 g/mol. The molecule has 4 aliphatic carbocycles. The van der Waals surface area contributed by atoms with Gasteiger partial charge in [0.25, 0.3) is 0 Å². The minimum atomic E-state index is -0.248. The maximum absolute atomic E-state index is 12.3. The summed E-state index contributed by atoms with van der Waals surface area (Å²) in [6, 6.07) is 0. The Morgan fingerprint density at radius 3 is 2.42 bits per heavy atom. The minimum absolute atomic E-state index is 0.138. The van der Waals surface area contributed by atoms with Crippen LogP contribution in [-0.4, -0.2) is 64.8 Å². The Morgan fingerprint density at radius 1 is 1.03 bits per heavy atom. The fraction of sp³-hybridized carbons (Fsp3) is 0.967. The highest BCUT2D eigenvalue weighted by Crippen LogP contribution is 2.69. The van der Waals surface area contributed by atoms with Crippen molar-refractivity contribution in [2.75, 3.05) is 26.3 Å². The lowest BCUT2D eigenvalue weighted by molar-refractivity contribution is -0.203. The number of nitrogens with zero attached hydrogens (tertiary/aromatic N) is 1. The van der Waals surface area contributed by atoms with Gasteiger partial charge in [0.2, 0.25) is 0 Å². The predicted molar refractivity (Wildman–Crippen MR) is 139 cm³/mol. The number of ether oxygens (including phenoxy) is 1. The van der Waals surface area contributed by atoms with Crippen molar-refractivity contribution in [3.05, 3.63) is 0 Å². The van der Waals surface area contributed by atoms with Crippen molar-refractivity contribution in [3.63, 3.8) is 0 Å². The molecule has 5 rings (SSSR count). The van der Waals surface area contributed by atoms with Crippen molar-refractivity contribution in [2.24, 2.45) is 58.2 Å². The molecule has 1 saturated heterocycles. The average Bonchev–Trinajstić information content (AvgIpc) is 3.17. The molecule has 5 fully saturated rings. The van der Waals surface area contributed by atoms with E-state index in [0.717, 1.165) is 32.1 Å². The van der Waals surface area contributed by atoms with Gasteiger partial charge in [-0.15, -0.1) is 0 Å². The van der Waals surface area contributed by atoms with E-state index in [0.29, 0.717) is 61.1 Å². The molecule has 4 saturated carbocycles. The first-order valence-electron chi connectivity index (χ1n) is 15.0. The van der Waals surface area contributed by atoms with Crippen LogP contribution in [0.1, 0.15) is 85.5 Å². The van der Waals surface area contributed by atoms with Crippen molar-refractivity contribution in [2.45, 2.75) is 97.7 Å². The molecule has 3 N–H and O–H groups in total. The van der Waals surface area contributed by atoms with Gasteiger partial charge < -0.3 is 25.0 Å². The Labute approximate surface area is 218 Å². The number of carbonyl (C=O) groups is 1. The predicted octanol–water partition coefficient (Wildman–Crippen LogP) is 4.70. The van der Waals surface area contributed by atoms with Crippen molar-refractivity contribution < 1.29 is 24.9 Å². The van der Waals surface area contributed by atoms with Crippen LogP contribution in [0, 0.1) is 58.2 Å². The van der Waals surface area contributed by atoms with E-state index in [4.69, 9.17) is 9.84 Å². The number of hydrogen-bond acceptors (Lipinski definition) is 5. The molecular formula is C30H51NO5. The summed E-state index contributed by atoms with van der Waals surface area (Å²) in [6.07, 6.45) is 8.96. The first kappa shape index (κ1) is 26.7. The molecule has 1 heterocycles. The summed E-state index contributed by atoms with van der Waals surface area (Å²) in [5.41, 5.74) is 0.488. The molecular weight excluding hydrogens is 454 g/mol. The second-order valence-corrected chi connectivity index (χ2v) is 14.0. The maximum Gasteiger partial charge on any atom is 0.409 e. The molecule has 11 atom stereocenters. The Bertz CT molecular complexity index is 800. The van der Waals surface area contributed by atoms with Crippen LogP contribution in [0.25, 0.3) is 0 Å². The number of carbonyl (C=O) groups excluding carboxylic acids is 1. The average molecular weight is 506 g/mol. The molecule has 6 nitrogen and oxygen atoms in total. The van der Waals surface area contributed by atoms with Crippen LogP contribution in [-0.2, 0) is 4.74 Å². The highest BCUT2D eigenvalue weighted by atomic mass is 16.6. The van der Waals surface area contributed by atoms with Crippen molar-refractivity contribution in [1.82, 2.24) is 4.90 Å². The van der Waals surface area contributed by atoms with E-state index in [-0.39, 0.29) is 41.7 Å². The summed E-state index contributed by atoms with van der Waals surface area (Å²) in [6.45, 7) is 11.4. The van der Waals surface area contributed by atoms with Gasteiger partial charge in [-0.1, -0.05) is 34.1 Å². The van der Waals surface area contributed by atoms with Crippen molar-refractivity contribution in [1.29, 1.82) is 0 Å². The normalized spacial score (nSPS) is 47.4. The largest absolute Gasteiger partial charge is 0.449 e. The molecule has 0 aromatic rings. The van der Waals surface area contributed by atoms with E-state index in [1.54, 1.807) is 4.90 Å². The van der Waals surface area contributed by atoms with E-state index < -0.39 is 0 Å². The second-order valence-electron chi connectivity index (χ2n) is 14.0. The summed E-state index contributed by atoms with van der Waals surface area (Å²) in [7, 11) is 0. The van der Waals surface area contributed by atoms with E-state index in [1.807, 2.05) is 0 Å². The molecule has 0 radical (unpaired) electrons. The van der Waals surface area contributed by atoms with E-state index >= 15 is 0 Å². The van der Waals surface area contributed by atoms with Gasteiger partial charge in [-0.3, -0.25) is 0 Å². The van der Waals surface area contributed by atoms with Crippen LogP contribution in [0.4, 0.5) is 4.79 Å². The fourth-order valence-electron chi connectivity index (χ4n) is 10.4. The van der Waals surface area contributed by atoms with Gasteiger partial charge in [0.05, 0.1) is 18.8 Å². The van der Waals surface area contributed by atoms with Crippen LogP contribution < -0.4 is 0 Å². The van der Waals surface area contributed by atoms with Crippen LogP contribution in [0.5, 0.6) is 0 Å². The number of amides is 1. The van der Waals surface area contributed by atoms with Crippen molar-refractivity contribution in [3.8, 4) is 0 Å². The third kappa shape index (κ3) is 4.22. The number of fused-ring (bicyclic) bond motifs is 5. The zero-order valence-corrected chi connectivity index (χ0v) is 23.1. The molecule has 1 aliphatic heterocycles. The van der Waals surface area contributed by atoms with Crippen molar-refractivity contribution >= 4 is 6.09 Å². The van der Waals surface area contributed by atoms with Gasteiger partial charge in [0.1, 0.15) is 0 Å². The molecule has 1 unspecified atom stereocenters. The van der Waals surface area contributed by atoms with E-state index in [9.17, 15) is 15.0 Å². The quantitative estimate of drug-likeness (QED) is 0.487.